The van der Waals surface area contributed by atoms with Crippen LogP contribution in [0.4, 0.5) is 4.39 Å². The van der Waals surface area contributed by atoms with Crippen molar-refractivity contribution in [2.75, 3.05) is 19.3 Å². The number of hydrogen-bond donors (Lipinski definition) is 1. The molecule has 1 fully saturated rings. The van der Waals surface area contributed by atoms with E-state index < -0.39 is 10.0 Å². The van der Waals surface area contributed by atoms with E-state index in [0.29, 0.717) is 38.0 Å². The third-order valence-corrected chi connectivity index (χ3v) is 5.29. The molecule has 0 unspecified atom stereocenters. The second-order valence-electron chi connectivity index (χ2n) is 5.74. The first-order valence-corrected chi connectivity index (χ1v) is 9.10. The Morgan fingerprint density at radius 3 is 2.55 bits per heavy atom. The molecule has 1 N–H and O–H groups in total. The van der Waals surface area contributed by atoms with E-state index in [1.165, 1.54) is 16.6 Å². The van der Waals surface area contributed by atoms with E-state index in [2.05, 4.69) is 5.32 Å². The van der Waals surface area contributed by atoms with E-state index in [4.69, 9.17) is 0 Å². The number of carbonyl (C=O) groups is 1. The predicted molar refractivity (Wildman–Crippen MR) is 82.1 cm³/mol. The van der Waals surface area contributed by atoms with E-state index in [1.807, 2.05) is 0 Å². The lowest BCUT2D eigenvalue weighted by atomic mass is 9.97. The Morgan fingerprint density at radius 2 is 2.00 bits per heavy atom. The van der Waals surface area contributed by atoms with E-state index in [0.717, 1.165) is 5.56 Å². The van der Waals surface area contributed by atoms with Crippen molar-refractivity contribution in [1.82, 2.24) is 9.62 Å². The van der Waals surface area contributed by atoms with Crippen LogP contribution in [0.25, 0.3) is 0 Å². The van der Waals surface area contributed by atoms with Crippen molar-refractivity contribution in [3.8, 4) is 0 Å². The Morgan fingerprint density at radius 1 is 1.36 bits per heavy atom. The number of amides is 1. The number of nitrogens with zero attached hydrogens (tertiary/aromatic N) is 1. The van der Waals surface area contributed by atoms with Crippen molar-refractivity contribution in [2.24, 2.45) is 5.92 Å². The van der Waals surface area contributed by atoms with Gasteiger partial charge in [0.05, 0.1) is 6.26 Å². The average Bonchev–Trinajstić information content (AvgIpc) is 2.47. The standard InChI is InChI=1S/C15H21FN2O3S/c1-11-9-12(3-4-14(11)16)10-17-15(19)13-5-7-18(8-6-13)22(2,20)21/h3-4,9,13H,5-8,10H2,1-2H3,(H,17,19). The van der Waals surface area contributed by atoms with Crippen LogP contribution in [0.2, 0.25) is 0 Å². The van der Waals surface area contributed by atoms with E-state index in [9.17, 15) is 17.6 Å². The number of piperidine rings is 1. The number of carbonyl (C=O) groups excluding carboxylic acids is 1. The average molecular weight is 328 g/mol. The second kappa shape index (κ2) is 6.75. The zero-order valence-corrected chi connectivity index (χ0v) is 13.6. The van der Waals surface area contributed by atoms with Crippen LogP contribution in [0.1, 0.15) is 24.0 Å². The van der Waals surface area contributed by atoms with Crippen molar-refractivity contribution in [1.29, 1.82) is 0 Å². The molecular weight excluding hydrogens is 307 g/mol. The molecule has 122 valence electrons. The van der Waals surface area contributed by atoms with Crippen LogP contribution >= 0.6 is 0 Å². The third-order valence-electron chi connectivity index (χ3n) is 3.98. The molecule has 0 radical (unpaired) electrons. The van der Waals surface area contributed by atoms with Gasteiger partial charge in [0.2, 0.25) is 15.9 Å². The summed E-state index contributed by atoms with van der Waals surface area (Å²) in [6.45, 7) is 2.80. The fourth-order valence-electron chi connectivity index (χ4n) is 2.60. The van der Waals surface area contributed by atoms with Crippen LogP contribution in [-0.4, -0.2) is 38.0 Å². The molecule has 1 aliphatic rings. The topological polar surface area (TPSA) is 66.5 Å². The molecule has 0 bridgehead atoms. The maximum Gasteiger partial charge on any atom is 0.223 e. The van der Waals surface area contributed by atoms with Crippen molar-refractivity contribution in [3.63, 3.8) is 0 Å². The highest BCUT2D eigenvalue weighted by Crippen LogP contribution is 2.19. The normalized spacial score (nSPS) is 17.4. The van der Waals surface area contributed by atoms with Gasteiger partial charge in [-0.25, -0.2) is 17.1 Å². The molecule has 0 atom stereocenters. The summed E-state index contributed by atoms with van der Waals surface area (Å²) < 4.78 is 37.4. The molecule has 0 aliphatic carbocycles. The monoisotopic (exact) mass is 328 g/mol. The molecule has 22 heavy (non-hydrogen) atoms. The number of aryl methyl sites for hydroxylation is 1. The molecule has 7 heteroatoms. The highest BCUT2D eigenvalue weighted by atomic mass is 32.2. The first-order valence-electron chi connectivity index (χ1n) is 7.25. The summed E-state index contributed by atoms with van der Waals surface area (Å²) in [7, 11) is -3.17. The van der Waals surface area contributed by atoms with Gasteiger partial charge in [-0.05, 0) is 37.0 Å². The van der Waals surface area contributed by atoms with Crippen LogP contribution < -0.4 is 5.32 Å². The lowest BCUT2D eigenvalue weighted by molar-refractivity contribution is -0.126. The number of hydrogen-bond acceptors (Lipinski definition) is 3. The van der Waals surface area contributed by atoms with Crippen molar-refractivity contribution < 1.29 is 17.6 Å². The Hall–Kier alpha value is -1.47. The number of rotatable bonds is 4. The molecule has 1 amide bonds. The highest BCUT2D eigenvalue weighted by Gasteiger charge is 2.28. The van der Waals surface area contributed by atoms with Gasteiger partial charge in [0.1, 0.15) is 5.82 Å². The minimum absolute atomic E-state index is 0.0740. The number of sulfonamides is 1. The minimum atomic E-state index is -3.17. The summed E-state index contributed by atoms with van der Waals surface area (Å²) in [4.78, 5) is 12.1. The van der Waals surface area contributed by atoms with Gasteiger partial charge in [-0.2, -0.15) is 0 Å². The fourth-order valence-corrected chi connectivity index (χ4v) is 3.47. The number of nitrogens with one attached hydrogen (secondary N) is 1. The minimum Gasteiger partial charge on any atom is -0.352 e. The maximum absolute atomic E-state index is 13.2. The zero-order chi connectivity index (χ0) is 16.3. The SMILES string of the molecule is Cc1cc(CNC(=O)C2CCN(S(C)(=O)=O)CC2)ccc1F. The van der Waals surface area contributed by atoms with Crippen LogP contribution in [0.15, 0.2) is 18.2 Å². The largest absolute Gasteiger partial charge is 0.352 e. The molecular formula is C15H21FN2O3S. The van der Waals surface area contributed by atoms with Crippen LogP contribution in [-0.2, 0) is 21.4 Å². The number of halogens is 1. The predicted octanol–water partition coefficient (Wildman–Crippen LogP) is 1.42. The van der Waals surface area contributed by atoms with Gasteiger partial charge < -0.3 is 5.32 Å². The first-order chi connectivity index (χ1) is 10.3. The molecule has 1 saturated heterocycles. The van der Waals surface area contributed by atoms with Crippen LogP contribution in [0.5, 0.6) is 0 Å². The summed E-state index contributed by atoms with van der Waals surface area (Å²) in [5.41, 5.74) is 1.40. The second-order valence-corrected chi connectivity index (χ2v) is 7.72. The van der Waals surface area contributed by atoms with Gasteiger partial charge in [0.25, 0.3) is 0 Å². The molecule has 1 aromatic carbocycles. The van der Waals surface area contributed by atoms with E-state index in [1.54, 1.807) is 19.1 Å². The molecule has 0 saturated carbocycles. The lowest BCUT2D eigenvalue weighted by Gasteiger charge is -2.29. The fraction of sp³-hybridized carbons (Fsp3) is 0.533. The summed E-state index contributed by atoms with van der Waals surface area (Å²) in [6, 6.07) is 4.75. The maximum atomic E-state index is 13.2. The third kappa shape index (κ3) is 4.27. The Kier molecular flexibility index (Phi) is 5.18. The summed E-state index contributed by atoms with van der Waals surface area (Å²) in [6.07, 6.45) is 2.24. The number of benzene rings is 1. The van der Waals surface area contributed by atoms with Gasteiger partial charge in [0, 0.05) is 25.6 Å². The highest BCUT2D eigenvalue weighted by molar-refractivity contribution is 7.88. The molecule has 5 nitrogen and oxygen atoms in total. The van der Waals surface area contributed by atoms with E-state index >= 15 is 0 Å². The molecule has 1 aromatic rings. The van der Waals surface area contributed by atoms with Gasteiger partial charge >= 0.3 is 0 Å². The quantitative estimate of drug-likeness (QED) is 0.909. The molecule has 0 spiro atoms. The van der Waals surface area contributed by atoms with E-state index in [-0.39, 0.29) is 17.6 Å². The van der Waals surface area contributed by atoms with Crippen LogP contribution in [0.3, 0.4) is 0 Å². The van der Waals surface area contributed by atoms with Gasteiger partial charge in [-0.3, -0.25) is 4.79 Å². The van der Waals surface area contributed by atoms with Gasteiger partial charge in [-0.1, -0.05) is 12.1 Å². The molecule has 2 rings (SSSR count). The van der Waals surface area contributed by atoms with Gasteiger partial charge in [0.15, 0.2) is 0 Å². The van der Waals surface area contributed by atoms with Gasteiger partial charge in [-0.15, -0.1) is 0 Å². The lowest BCUT2D eigenvalue weighted by Crippen LogP contribution is -2.42. The Labute approximate surface area is 130 Å². The smallest absolute Gasteiger partial charge is 0.223 e. The first kappa shape index (κ1) is 16.9. The Balaban J connectivity index is 1.85. The van der Waals surface area contributed by atoms with Crippen molar-refractivity contribution >= 4 is 15.9 Å². The molecule has 0 aromatic heterocycles. The van der Waals surface area contributed by atoms with Crippen molar-refractivity contribution in [2.45, 2.75) is 26.3 Å². The molecule has 1 aliphatic heterocycles. The Bertz CT molecular complexity index is 653. The van der Waals surface area contributed by atoms with Crippen molar-refractivity contribution in [3.05, 3.63) is 35.1 Å². The summed E-state index contributed by atoms with van der Waals surface area (Å²) in [5, 5.41) is 2.84. The van der Waals surface area contributed by atoms with Crippen LogP contribution in [0, 0.1) is 18.7 Å². The summed E-state index contributed by atoms with van der Waals surface area (Å²) >= 11 is 0. The summed E-state index contributed by atoms with van der Waals surface area (Å²) in [5.74, 6) is -0.502. The zero-order valence-electron chi connectivity index (χ0n) is 12.8. The molecule has 1 heterocycles.